The van der Waals surface area contributed by atoms with Crippen LogP contribution in [0.5, 0.6) is 11.5 Å². The van der Waals surface area contributed by atoms with Gasteiger partial charge in [-0.3, -0.25) is 22.8 Å². The smallest absolute Gasteiger partial charge is 0.397 e. The van der Waals surface area contributed by atoms with E-state index in [2.05, 4.69) is 50.2 Å². The average molecular weight is 1160 g/mol. The number of nitrogens with one attached hydrogen (secondary N) is 2. The van der Waals surface area contributed by atoms with Crippen molar-refractivity contribution in [3.05, 3.63) is 95.8 Å². The average Bonchev–Trinajstić information content (AvgIpc) is 3.26. The van der Waals surface area contributed by atoms with Crippen LogP contribution in [0.1, 0.15) is 5.56 Å². The first kappa shape index (κ1) is 54.8. The summed E-state index contributed by atoms with van der Waals surface area (Å²) < 4.78 is 201. The first-order chi connectivity index (χ1) is 34.2. The molecule has 7 rings (SSSR count). The standard InChI is InChI=1S/C38H30ClN9O20S6/c1-18-13-19-14-22(70(53,54)55)16-27(41-38-43-36(39)42-37(44-38)40-20-5-4-6-21(15-20)69(51,52)12-11-68-74(65,66)67)30(19)34(50)31(18)47-46-26-10-9-23-24(35(26)73(62,63)64)17-29(72(59,60)61)32(33(23)49)48-45-25-7-2-3-8-28(25)71(56,57)58/h2-10,13-17,49-50H,11-12H2,1H3,(H,53,54,55)(H,56,57,58)(H,59,60,61)(H,62,63,64)(H,65,66,67)(H2,40,41,42,43,44). The summed E-state index contributed by atoms with van der Waals surface area (Å²) in [5, 5.41) is 41.0. The summed E-state index contributed by atoms with van der Waals surface area (Å²) in [7, 11) is -30.1. The predicted octanol–water partition coefficient (Wildman–Crippen LogP) is 6.45. The van der Waals surface area contributed by atoms with Gasteiger partial charge in [0, 0.05) is 21.8 Å². The van der Waals surface area contributed by atoms with E-state index in [4.69, 9.17) is 16.2 Å². The molecule has 0 saturated carbocycles. The van der Waals surface area contributed by atoms with Crippen molar-refractivity contribution in [1.82, 2.24) is 15.0 Å². The minimum atomic E-state index is -5.53. The number of benzene rings is 6. The molecule has 7 aromatic rings. The summed E-state index contributed by atoms with van der Waals surface area (Å²) in [6.07, 6.45) is 0. The van der Waals surface area contributed by atoms with Crippen LogP contribution in [0.2, 0.25) is 5.28 Å². The van der Waals surface area contributed by atoms with Crippen LogP contribution in [0, 0.1) is 6.92 Å². The molecule has 6 aromatic carbocycles. The molecule has 0 amide bonds. The number of anilines is 4. The van der Waals surface area contributed by atoms with Gasteiger partial charge in [0.15, 0.2) is 21.3 Å². The van der Waals surface area contributed by atoms with Crippen molar-refractivity contribution in [2.24, 2.45) is 20.5 Å². The molecule has 74 heavy (non-hydrogen) atoms. The van der Waals surface area contributed by atoms with Gasteiger partial charge in [0.25, 0.3) is 40.5 Å². The second kappa shape index (κ2) is 20.0. The topological polar surface area (TPSA) is 468 Å². The number of aryl methyl sites for hydroxylation is 1. The van der Waals surface area contributed by atoms with E-state index in [-0.39, 0.29) is 38.6 Å². The van der Waals surface area contributed by atoms with Crippen LogP contribution < -0.4 is 10.6 Å². The zero-order valence-electron chi connectivity index (χ0n) is 36.4. The zero-order valence-corrected chi connectivity index (χ0v) is 42.0. The molecule has 0 radical (unpaired) electrons. The molecule has 0 bridgehead atoms. The summed E-state index contributed by atoms with van der Waals surface area (Å²) in [6, 6.07) is 14.5. The Morgan fingerprint density at radius 2 is 1.22 bits per heavy atom. The van der Waals surface area contributed by atoms with Crippen molar-refractivity contribution in [1.29, 1.82) is 0 Å². The molecule has 29 nitrogen and oxygen atoms in total. The molecule has 0 atom stereocenters. The molecule has 0 saturated heterocycles. The number of phenolic OH excluding ortho intramolecular Hbond substituents is 2. The number of sulfone groups is 1. The molecular weight excluding hydrogens is 1130 g/mol. The molecule has 0 aliphatic heterocycles. The highest BCUT2D eigenvalue weighted by Gasteiger charge is 2.29. The summed E-state index contributed by atoms with van der Waals surface area (Å²) in [6.45, 7) is 0.407. The van der Waals surface area contributed by atoms with Gasteiger partial charge >= 0.3 is 10.4 Å². The minimum Gasteiger partial charge on any atom is -0.505 e. The van der Waals surface area contributed by atoms with Crippen molar-refractivity contribution in [3.63, 3.8) is 0 Å². The maximum Gasteiger partial charge on any atom is 0.397 e. The number of hydrogen-bond donors (Lipinski definition) is 9. The molecule has 0 unspecified atom stereocenters. The van der Waals surface area contributed by atoms with Gasteiger partial charge in [0.05, 0.1) is 27.8 Å². The zero-order chi connectivity index (χ0) is 54.5. The lowest BCUT2D eigenvalue weighted by Crippen LogP contribution is -2.15. The van der Waals surface area contributed by atoms with Gasteiger partial charge in [-0.15, -0.1) is 20.5 Å². The summed E-state index contributed by atoms with van der Waals surface area (Å²) >= 11 is 6.18. The summed E-state index contributed by atoms with van der Waals surface area (Å²) in [5.41, 5.74) is -3.26. The number of azo groups is 2. The Labute approximate surface area is 422 Å². The highest BCUT2D eigenvalue weighted by atomic mass is 35.5. The molecular formula is C38H30ClN9O20S6. The van der Waals surface area contributed by atoms with Crippen LogP contribution in [0.25, 0.3) is 21.5 Å². The first-order valence-corrected chi connectivity index (χ1v) is 28.7. The molecule has 1 aromatic heterocycles. The number of fused-ring (bicyclic) bond motifs is 2. The Hall–Kier alpha value is -7.00. The van der Waals surface area contributed by atoms with E-state index >= 15 is 0 Å². The normalized spacial score (nSPS) is 13.1. The highest BCUT2D eigenvalue weighted by molar-refractivity contribution is 7.91. The van der Waals surface area contributed by atoms with Crippen molar-refractivity contribution in [3.8, 4) is 11.5 Å². The maximum absolute atomic E-state index is 13.0. The van der Waals surface area contributed by atoms with E-state index in [9.17, 15) is 78.9 Å². The van der Waals surface area contributed by atoms with E-state index in [1.807, 2.05) is 0 Å². The van der Waals surface area contributed by atoms with E-state index in [1.54, 1.807) is 0 Å². The monoisotopic (exact) mass is 1160 g/mol. The van der Waals surface area contributed by atoms with Gasteiger partial charge in [-0.1, -0.05) is 18.2 Å². The fraction of sp³-hybridized carbons (Fsp3) is 0.0789. The van der Waals surface area contributed by atoms with Crippen molar-refractivity contribution in [2.45, 2.75) is 31.4 Å². The lowest BCUT2D eigenvalue weighted by Gasteiger charge is -2.15. The molecule has 390 valence electrons. The van der Waals surface area contributed by atoms with Crippen LogP contribution >= 0.6 is 11.6 Å². The minimum absolute atomic E-state index is 0.00634. The summed E-state index contributed by atoms with van der Waals surface area (Å²) in [5.74, 6) is -3.72. The van der Waals surface area contributed by atoms with Gasteiger partial charge in [-0.25, -0.2) is 12.6 Å². The summed E-state index contributed by atoms with van der Waals surface area (Å²) in [4.78, 5) is 7.56. The number of phenols is 2. The van der Waals surface area contributed by atoms with E-state index in [0.717, 1.165) is 48.5 Å². The number of nitrogens with zero attached hydrogens (tertiary/aromatic N) is 7. The first-order valence-electron chi connectivity index (χ1n) is 19.6. The molecule has 36 heteroatoms. The van der Waals surface area contributed by atoms with E-state index in [1.165, 1.54) is 37.3 Å². The lowest BCUT2D eigenvalue weighted by atomic mass is 10.0. The Morgan fingerprint density at radius 3 is 1.85 bits per heavy atom. The SMILES string of the molecule is Cc1cc2cc(S(=O)(=O)O)cc(Nc3nc(Cl)nc(Nc4cccc(S(=O)(=O)CCOS(=O)(=O)O)c4)n3)c2c(O)c1N=Nc1ccc2c(O)c(N=Nc3ccccc3S(=O)(=O)O)c(S(=O)(=O)O)cc2c1S(=O)(=O)O. The lowest BCUT2D eigenvalue weighted by molar-refractivity contribution is 0.284. The fourth-order valence-corrected chi connectivity index (χ4v) is 11.2. The number of halogens is 1. The second-order valence-electron chi connectivity index (χ2n) is 14.9. The van der Waals surface area contributed by atoms with Crippen molar-refractivity contribution >= 4 is 140 Å². The third-order valence-corrected chi connectivity index (χ3v) is 15.7. The van der Waals surface area contributed by atoms with Crippen LogP contribution in [-0.2, 0) is 64.9 Å². The Bertz CT molecular complexity index is 4280. The van der Waals surface area contributed by atoms with Crippen LogP contribution in [0.3, 0.4) is 0 Å². The maximum atomic E-state index is 13.0. The molecule has 9 N–H and O–H groups in total. The van der Waals surface area contributed by atoms with E-state index < -0.39 is 149 Å². The predicted molar refractivity (Wildman–Crippen MR) is 257 cm³/mol. The Balaban J connectivity index is 1.31. The molecule has 1 heterocycles. The van der Waals surface area contributed by atoms with Gasteiger partial charge in [0.1, 0.15) is 37.4 Å². The van der Waals surface area contributed by atoms with Crippen LogP contribution in [0.15, 0.2) is 130 Å². The van der Waals surface area contributed by atoms with Gasteiger partial charge in [0.2, 0.25) is 17.2 Å². The largest absolute Gasteiger partial charge is 0.505 e. The molecule has 0 aliphatic rings. The number of hydrogen-bond acceptors (Lipinski definition) is 24. The Morgan fingerprint density at radius 1 is 0.581 bits per heavy atom. The number of aromatic nitrogens is 3. The van der Waals surface area contributed by atoms with Gasteiger partial charge < -0.3 is 20.8 Å². The molecule has 0 fully saturated rings. The van der Waals surface area contributed by atoms with Crippen molar-refractivity contribution < 1.29 is 87.7 Å². The van der Waals surface area contributed by atoms with Crippen LogP contribution in [-0.4, -0.2) is 111 Å². The number of aromatic hydroxyl groups is 2. The van der Waals surface area contributed by atoms with Gasteiger partial charge in [-0.2, -0.15) is 57.0 Å². The third kappa shape index (κ3) is 12.3. The van der Waals surface area contributed by atoms with Gasteiger partial charge in [-0.05, 0) is 96.2 Å². The second-order valence-corrected chi connectivity index (χ2v) is 24.0. The Kier molecular flexibility index (Phi) is 14.8. The van der Waals surface area contributed by atoms with E-state index in [0.29, 0.717) is 6.07 Å². The third-order valence-electron chi connectivity index (χ3n) is 9.89. The van der Waals surface area contributed by atoms with Crippen LogP contribution in [0.4, 0.5) is 46.0 Å². The highest BCUT2D eigenvalue weighted by Crippen LogP contribution is 2.47. The fourth-order valence-electron chi connectivity index (χ4n) is 6.83. The van der Waals surface area contributed by atoms with Crippen molar-refractivity contribution in [2.75, 3.05) is 23.0 Å². The quantitative estimate of drug-likeness (QED) is 0.0349. The molecule has 0 aliphatic carbocycles. The number of rotatable bonds is 17. The molecule has 0 spiro atoms.